The molecular weight excluding hydrogens is 284 g/mol. The van der Waals surface area contributed by atoms with Crippen molar-refractivity contribution in [2.24, 2.45) is 18.7 Å². The largest absolute Gasteiger partial charge is 0.326 e. The van der Waals surface area contributed by atoms with E-state index in [1.165, 1.54) is 25.7 Å². The Bertz CT molecular complexity index is 487. The number of rotatable bonds is 4. The van der Waals surface area contributed by atoms with Gasteiger partial charge in [0.2, 0.25) is 0 Å². The topological polar surface area (TPSA) is 47.1 Å². The Morgan fingerprint density at radius 3 is 2.43 bits per heavy atom. The summed E-state index contributed by atoms with van der Waals surface area (Å²) in [5, 5.41) is 5.13. The molecule has 1 aromatic rings. The number of nitrogens with two attached hydrogens (primary N) is 1. The SMILES string of the molecule is Cc1nn(C)c(Cl)c1CC(N)C1(N(C)C)CCC(C)CC1. The minimum Gasteiger partial charge on any atom is -0.326 e. The van der Waals surface area contributed by atoms with E-state index in [2.05, 4.69) is 31.0 Å². The van der Waals surface area contributed by atoms with Gasteiger partial charge in [-0.15, -0.1) is 0 Å². The molecule has 1 atom stereocenters. The van der Waals surface area contributed by atoms with E-state index in [1.54, 1.807) is 4.68 Å². The number of aromatic nitrogens is 2. The van der Waals surface area contributed by atoms with Crippen molar-refractivity contribution in [3.8, 4) is 0 Å². The van der Waals surface area contributed by atoms with Crippen LogP contribution in [0, 0.1) is 12.8 Å². The van der Waals surface area contributed by atoms with Crippen LogP contribution in [-0.2, 0) is 13.5 Å². The number of nitrogens with zero attached hydrogens (tertiary/aromatic N) is 3. The van der Waals surface area contributed by atoms with E-state index in [0.29, 0.717) is 0 Å². The molecule has 1 aliphatic rings. The summed E-state index contributed by atoms with van der Waals surface area (Å²) in [7, 11) is 6.20. The number of aryl methyl sites for hydroxylation is 2. The van der Waals surface area contributed by atoms with Gasteiger partial charge in [0.05, 0.1) is 5.69 Å². The molecule has 4 nitrogen and oxygen atoms in total. The van der Waals surface area contributed by atoms with E-state index in [9.17, 15) is 0 Å². The van der Waals surface area contributed by atoms with Crippen LogP contribution < -0.4 is 5.73 Å². The lowest BCUT2D eigenvalue weighted by Gasteiger charge is -2.48. The van der Waals surface area contributed by atoms with Crippen LogP contribution in [0.5, 0.6) is 0 Å². The van der Waals surface area contributed by atoms with Gasteiger partial charge in [-0.1, -0.05) is 18.5 Å². The first-order valence-electron chi connectivity index (χ1n) is 7.89. The predicted molar refractivity (Wildman–Crippen MR) is 88.7 cm³/mol. The van der Waals surface area contributed by atoms with Crippen LogP contribution in [0.3, 0.4) is 0 Å². The smallest absolute Gasteiger partial charge is 0.130 e. The lowest BCUT2D eigenvalue weighted by molar-refractivity contribution is 0.0568. The Morgan fingerprint density at radius 1 is 1.43 bits per heavy atom. The zero-order chi connectivity index (χ0) is 15.8. The summed E-state index contributed by atoms with van der Waals surface area (Å²) in [4.78, 5) is 2.34. The maximum atomic E-state index is 6.67. The van der Waals surface area contributed by atoms with E-state index in [0.717, 1.165) is 28.7 Å². The Hall–Kier alpha value is -0.580. The van der Waals surface area contributed by atoms with Crippen molar-refractivity contribution in [2.75, 3.05) is 14.1 Å². The summed E-state index contributed by atoms with van der Waals surface area (Å²) in [5.41, 5.74) is 8.85. The highest BCUT2D eigenvalue weighted by Crippen LogP contribution is 2.38. The van der Waals surface area contributed by atoms with Crippen LogP contribution >= 0.6 is 11.6 Å². The number of hydrogen-bond acceptors (Lipinski definition) is 3. The molecule has 1 fully saturated rings. The fourth-order valence-corrected chi connectivity index (χ4v) is 3.98. The third kappa shape index (κ3) is 3.13. The van der Waals surface area contributed by atoms with Gasteiger partial charge in [-0.2, -0.15) is 5.10 Å². The maximum Gasteiger partial charge on any atom is 0.130 e. The van der Waals surface area contributed by atoms with Gasteiger partial charge in [-0.05, 0) is 59.0 Å². The van der Waals surface area contributed by atoms with Gasteiger partial charge in [-0.3, -0.25) is 4.68 Å². The lowest BCUT2D eigenvalue weighted by Crippen LogP contribution is -2.59. The van der Waals surface area contributed by atoms with Crippen LogP contribution in [-0.4, -0.2) is 40.4 Å². The molecule has 21 heavy (non-hydrogen) atoms. The molecule has 0 amide bonds. The summed E-state index contributed by atoms with van der Waals surface area (Å²) in [5.74, 6) is 0.814. The average Bonchev–Trinajstić information content (AvgIpc) is 2.66. The van der Waals surface area contributed by atoms with Crippen molar-refractivity contribution in [3.05, 3.63) is 16.4 Å². The first-order chi connectivity index (χ1) is 9.78. The van der Waals surface area contributed by atoms with E-state index in [1.807, 2.05) is 14.0 Å². The van der Waals surface area contributed by atoms with Crippen LogP contribution in [0.25, 0.3) is 0 Å². The van der Waals surface area contributed by atoms with Crippen molar-refractivity contribution in [1.82, 2.24) is 14.7 Å². The molecule has 2 N–H and O–H groups in total. The monoisotopic (exact) mass is 312 g/mol. The number of hydrogen-bond donors (Lipinski definition) is 1. The normalized spacial score (nSPS) is 28.1. The van der Waals surface area contributed by atoms with Gasteiger partial charge < -0.3 is 10.6 Å². The third-order valence-corrected chi connectivity index (χ3v) is 5.89. The summed E-state index contributed by atoms with van der Waals surface area (Å²) >= 11 is 6.38. The van der Waals surface area contributed by atoms with Crippen LogP contribution in [0.1, 0.15) is 43.9 Å². The summed E-state index contributed by atoms with van der Waals surface area (Å²) in [6.07, 6.45) is 5.64. The lowest BCUT2D eigenvalue weighted by atomic mass is 9.71. The highest BCUT2D eigenvalue weighted by atomic mass is 35.5. The standard InChI is InChI=1S/C16H29ClN4/c1-11-6-8-16(9-7-11,20(3)4)14(18)10-13-12(2)19-21(5)15(13)17/h11,14H,6-10,18H2,1-5H3. The minimum absolute atomic E-state index is 0.0815. The average molecular weight is 313 g/mol. The van der Waals surface area contributed by atoms with Gasteiger partial charge in [0.25, 0.3) is 0 Å². The Balaban J connectivity index is 2.21. The van der Waals surface area contributed by atoms with Crippen molar-refractivity contribution in [3.63, 3.8) is 0 Å². The predicted octanol–water partition coefficient (Wildman–Crippen LogP) is 2.76. The second kappa shape index (κ2) is 6.27. The van der Waals surface area contributed by atoms with Gasteiger partial charge in [0.1, 0.15) is 5.15 Å². The van der Waals surface area contributed by atoms with Gasteiger partial charge in [0.15, 0.2) is 0 Å². The molecule has 1 unspecified atom stereocenters. The van der Waals surface area contributed by atoms with Gasteiger partial charge >= 0.3 is 0 Å². The fraction of sp³-hybridized carbons (Fsp3) is 0.812. The molecule has 1 heterocycles. The number of halogens is 1. The van der Waals surface area contributed by atoms with Crippen molar-refractivity contribution < 1.29 is 0 Å². The van der Waals surface area contributed by atoms with E-state index >= 15 is 0 Å². The zero-order valence-electron chi connectivity index (χ0n) is 14.0. The summed E-state index contributed by atoms with van der Waals surface area (Å²) in [6, 6.07) is 0.0837. The molecule has 120 valence electrons. The molecule has 1 aliphatic carbocycles. The molecule has 0 aliphatic heterocycles. The maximum absolute atomic E-state index is 6.67. The molecule has 0 aromatic carbocycles. The molecule has 2 rings (SSSR count). The Labute approximate surface area is 133 Å². The molecule has 5 heteroatoms. The Morgan fingerprint density at radius 2 is 2.00 bits per heavy atom. The van der Waals surface area contributed by atoms with Gasteiger partial charge in [-0.25, -0.2) is 0 Å². The van der Waals surface area contributed by atoms with Crippen LogP contribution in [0.4, 0.5) is 0 Å². The summed E-state index contributed by atoms with van der Waals surface area (Å²) in [6.45, 7) is 4.35. The highest BCUT2D eigenvalue weighted by molar-refractivity contribution is 6.30. The third-order valence-electron chi connectivity index (χ3n) is 5.41. The molecule has 0 radical (unpaired) electrons. The molecule has 1 aromatic heterocycles. The number of likely N-dealkylation sites (N-methyl/N-ethyl adjacent to an activating group) is 1. The molecule has 1 saturated carbocycles. The molecular formula is C16H29ClN4. The minimum atomic E-state index is 0.0815. The van der Waals surface area contributed by atoms with E-state index in [-0.39, 0.29) is 11.6 Å². The van der Waals surface area contributed by atoms with Crippen LogP contribution in [0.2, 0.25) is 5.15 Å². The van der Waals surface area contributed by atoms with Crippen molar-refractivity contribution in [1.29, 1.82) is 0 Å². The van der Waals surface area contributed by atoms with Crippen molar-refractivity contribution in [2.45, 2.75) is 57.5 Å². The second-order valence-corrected chi connectivity index (χ2v) is 7.33. The zero-order valence-corrected chi connectivity index (χ0v) is 14.7. The summed E-state index contributed by atoms with van der Waals surface area (Å²) < 4.78 is 1.74. The van der Waals surface area contributed by atoms with Crippen LogP contribution in [0.15, 0.2) is 0 Å². The van der Waals surface area contributed by atoms with E-state index < -0.39 is 0 Å². The quantitative estimate of drug-likeness (QED) is 0.930. The van der Waals surface area contributed by atoms with E-state index in [4.69, 9.17) is 17.3 Å². The molecule has 0 spiro atoms. The van der Waals surface area contributed by atoms with Crippen molar-refractivity contribution >= 4 is 11.6 Å². The first kappa shape index (κ1) is 16.8. The van der Waals surface area contributed by atoms with Gasteiger partial charge in [0, 0.05) is 24.2 Å². The fourth-order valence-electron chi connectivity index (χ4n) is 3.73. The highest BCUT2D eigenvalue weighted by Gasteiger charge is 2.41. The molecule has 0 saturated heterocycles. The molecule has 0 bridgehead atoms. The first-order valence-corrected chi connectivity index (χ1v) is 8.26. The Kier molecular flexibility index (Phi) is 5.01. The second-order valence-electron chi connectivity index (χ2n) is 6.97.